The third kappa shape index (κ3) is 3.30. The minimum atomic E-state index is -0.0756. The van der Waals surface area contributed by atoms with Crippen LogP contribution >= 0.6 is 0 Å². The monoisotopic (exact) mass is 366 g/mol. The normalized spacial score (nSPS) is 14.6. The molecule has 3 heterocycles. The number of carbonyl (C=O) groups is 1. The van der Waals surface area contributed by atoms with E-state index in [9.17, 15) is 4.79 Å². The van der Waals surface area contributed by atoms with E-state index >= 15 is 0 Å². The molecule has 0 spiro atoms. The Kier molecular flexibility index (Phi) is 4.39. The summed E-state index contributed by atoms with van der Waals surface area (Å²) in [4.78, 5) is 31.5. The summed E-state index contributed by atoms with van der Waals surface area (Å²) in [6.07, 6.45) is 3.02. The maximum atomic E-state index is 12.5. The fourth-order valence-electron chi connectivity index (χ4n) is 3.38. The molecule has 4 rings (SSSR count). The molecule has 0 saturated carbocycles. The van der Waals surface area contributed by atoms with Crippen molar-refractivity contribution >= 4 is 28.3 Å². The number of hydrogen-bond donors (Lipinski definition) is 0. The lowest BCUT2D eigenvalue weighted by atomic mass is 10.1. The number of piperazine rings is 1. The van der Waals surface area contributed by atoms with Crippen molar-refractivity contribution in [3.05, 3.63) is 42.4 Å². The Morgan fingerprint density at radius 2 is 1.93 bits per heavy atom. The first kappa shape index (κ1) is 17.3. The quantitative estimate of drug-likeness (QED) is 0.701. The molecule has 8 heteroatoms. The number of aryl methyl sites for hydroxylation is 1. The van der Waals surface area contributed by atoms with Crippen molar-refractivity contribution < 1.29 is 9.21 Å². The molecule has 8 nitrogen and oxygen atoms in total. The molecule has 140 valence electrons. The second-order valence-electron chi connectivity index (χ2n) is 6.82. The Hall–Kier alpha value is -3.16. The van der Waals surface area contributed by atoms with Gasteiger partial charge >= 0.3 is 0 Å². The predicted molar refractivity (Wildman–Crippen MR) is 103 cm³/mol. The lowest BCUT2D eigenvalue weighted by molar-refractivity contribution is 0.0741. The Labute approximate surface area is 157 Å². The van der Waals surface area contributed by atoms with Crippen LogP contribution in [0.15, 0.2) is 35.2 Å². The van der Waals surface area contributed by atoms with Gasteiger partial charge < -0.3 is 19.1 Å². The summed E-state index contributed by atoms with van der Waals surface area (Å²) >= 11 is 0. The second-order valence-corrected chi connectivity index (χ2v) is 6.82. The third-order valence-corrected chi connectivity index (χ3v) is 4.79. The van der Waals surface area contributed by atoms with Gasteiger partial charge in [0.1, 0.15) is 18.4 Å². The van der Waals surface area contributed by atoms with E-state index in [4.69, 9.17) is 4.42 Å². The van der Waals surface area contributed by atoms with E-state index in [-0.39, 0.29) is 5.91 Å². The first-order chi connectivity index (χ1) is 13.0. The topological polar surface area (TPSA) is 78.6 Å². The zero-order valence-electron chi connectivity index (χ0n) is 15.7. The molecular formula is C19H22N6O2. The molecule has 2 aromatic heterocycles. The van der Waals surface area contributed by atoms with Crippen molar-refractivity contribution in [3.63, 3.8) is 0 Å². The summed E-state index contributed by atoms with van der Waals surface area (Å²) in [5.41, 5.74) is 2.41. The van der Waals surface area contributed by atoms with Crippen molar-refractivity contribution in [2.24, 2.45) is 0 Å². The largest absolute Gasteiger partial charge is 0.448 e. The van der Waals surface area contributed by atoms with Crippen LogP contribution in [-0.2, 0) is 0 Å². The van der Waals surface area contributed by atoms with Crippen LogP contribution in [0.5, 0.6) is 0 Å². The summed E-state index contributed by atoms with van der Waals surface area (Å²) in [5.74, 6) is 1.33. The highest BCUT2D eigenvalue weighted by molar-refractivity contribution is 5.93. The SMILES string of the molecule is Cc1nc(C(=O)N2CCN(c3ccc4ncnc(N(C)C)c4c3)CC2)co1. The van der Waals surface area contributed by atoms with Gasteiger partial charge in [-0.05, 0) is 18.2 Å². The van der Waals surface area contributed by atoms with Gasteiger partial charge in [-0.3, -0.25) is 4.79 Å². The molecule has 1 aromatic carbocycles. The maximum Gasteiger partial charge on any atom is 0.275 e. The predicted octanol–water partition coefficient (Wildman–Crippen LogP) is 1.95. The first-order valence-electron chi connectivity index (χ1n) is 8.91. The summed E-state index contributed by atoms with van der Waals surface area (Å²) in [6, 6.07) is 6.23. The number of aromatic nitrogens is 3. The number of amides is 1. The molecule has 0 N–H and O–H groups in total. The van der Waals surface area contributed by atoms with Crippen molar-refractivity contribution in [1.29, 1.82) is 0 Å². The van der Waals surface area contributed by atoms with E-state index in [0.29, 0.717) is 24.7 Å². The molecule has 1 fully saturated rings. The summed E-state index contributed by atoms with van der Waals surface area (Å²) < 4.78 is 5.15. The minimum Gasteiger partial charge on any atom is -0.448 e. The number of nitrogens with zero attached hydrogens (tertiary/aromatic N) is 6. The van der Waals surface area contributed by atoms with Gasteiger partial charge in [-0.25, -0.2) is 15.0 Å². The van der Waals surface area contributed by atoms with Crippen LogP contribution in [0, 0.1) is 6.92 Å². The van der Waals surface area contributed by atoms with Crippen LogP contribution in [-0.4, -0.2) is 66.0 Å². The molecule has 3 aromatic rings. The average Bonchev–Trinajstić information content (AvgIpc) is 3.13. The highest BCUT2D eigenvalue weighted by Gasteiger charge is 2.24. The van der Waals surface area contributed by atoms with Crippen molar-refractivity contribution in [1.82, 2.24) is 19.9 Å². The molecule has 0 unspecified atom stereocenters. The Bertz CT molecular complexity index is 975. The average molecular weight is 366 g/mol. The third-order valence-electron chi connectivity index (χ3n) is 4.79. The van der Waals surface area contributed by atoms with Gasteiger partial charge in [0.2, 0.25) is 0 Å². The van der Waals surface area contributed by atoms with Crippen molar-refractivity contribution in [3.8, 4) is 0 Å². The van der Waals surface area contributed by atoms with Gasteiger partial charge in [0, 0.05) is 58.3 Å². The fraction of sp³-hybridized carbons (Fsp3) is 0.368. The molecule has 0 aliphatic carbocycles. The Morgan fingerprint density at radius 3 is 2.59 bits per heavy atom. The Morgan fingerprint density at radius 1 is 1.15 bits per heavy atom. The zero-order chi connectivity index (χ0) is 19.0. The van der Waals surface area contributed by atoms with Gasteiger partial charge in [-0.1, -0.05) is 0 Å². The molecule has 1 aliphatic heterocycles. The van der Waals surface area contributed by atoms with Gasteiger partial charge in [-0.2, -0.15) is 0 Å². The van der Waals surface area contributed by atoms with Gasteiger partial charge in [0.15, 0.2) is 11.6 Å². The lowest BCUT2D eigenvalue weighted by Crippen LogP contribution is -2.48. The van der Waals surface area contributed by atoms with Crippen LogP contribution in [0.1, 0.15) is 16.4 Å². The van der Waals surface area contributed by atoms with Crippen LogP contribution in [0.3, 0.4) is 0 Å². The number of fused-ring (bicyclic) bond motifs is 1. The van der Waals surface area contributed by atoms with E-state index in [0.717, 1.165) is 35.5 Å². The molecule has 1 aliphatic rings. The molecule has 0 radical (unpaired) electrons. The van der Waals surface area contributed by atoms with E-state index in [1.807, 2.05) is 30.0 Å². The van der Waals surface area contributed by atoms with E-state index in [1.165, 1.54) is 6.26 Å². The molecule has 0 bridgehead atoms. The highest BCUT2D eigenvalue weighted by atomic mass is 16.3. The minimum absolute atomic E-state index is 0.0756. The number of carbonyl (C=O) groups excluding carboxylic acids is 1. The van der Waals surface area contributed by atoms with Crippen LogP contribution in [0.4, 0.5) is 11.5 Å². The molecule has 1 saturated heterocycles. The van der Waals surface area contributed by atoms with Crippen molar-refractivity contribution in [2.75, 3.05) is 50.1 Å². The molecule has 0 atom stereocenters. The maximum absolute atomic E-state index is 12.5. The van der Waals surface area contributed by atoms with Crippen LogP contribution < -0.4 is 9.80 Å². The summed E-state index contributed by atoms with van der Waals surface area (Å²) in [5, 5.41) is 1.02. The number of hydrogen-bond acceptors (Lipinski definition) is 7. The van der Waals surface area contributed by atoms with Crippen LogP contribution in [0.25, 0.3) is 10.9 Å². The molecule has 1 amide bonds. The lowest BCUT2D eigenvalue weighted by Gasteiger charge is -2.36. The van der Waals surface area contributed by atoms with Gasteiger partial charge in [0.05, 0.1) is 5.52 Å². The number of oxazole rings is 1. The van der Waals surface area contributed by atoms with Crippen molar-refractivity contribution in [2.45, 2.75) is 6.92 Å². The highest BCUT2D eigenvalue weighted by Crippen LogP contribution is 2.27. The standard InChI is InChI=1S/C19H22N6O2/c1-13-22-17(11-27-13)19(26)25-8-6-24(7-9-25)14-4-5-16-15(10-14)18(23(2)3)21-12-20-16/h4-5,10-12H,6-9H2,1-3H3. The number of benzene rings is 1. The second kappa shape index (κ2) is 6.86. The summed E-state index contributed by atoms with van der Waals surface area (Å²) in [7, 11) is 3.95. The smallest absolute Gasteiger partial charge is 0.275 e. The fourth-order valence-corrected chi connectivity index (χ4v) is 3.38. The van der Waals surface area contributed by atoms with Gasteiger partial charge in [-0.15, -0.1) is 0 Å². The van der Waals surface area contributed by atoms with E-state index < -0.39 is 0 Å². The molecule has 27 heavy (non-hydrogen) atoms. The number of anilines is 2. The van der Waals surface area contributed by atoms with Gasteiger partial charge in [0.25, 0.3) is 5.91 Å². The van der Waals surface area contributed by atoms with Crippen LogP contribution in [0.2, 0.25) is 0 Å². The summed E-state index contributed by atoms with van der Waals surface area (Å²) in [6.45, 7) is 4.56. The zero-order valence-corrected chi connectivity index (χ0v) is 15.7. The molecular weight excluding hydrogens is 344 g/mol. The first-order valence-corrected chi connectivity index (χ1v) is 8.91. The number of rotatable bonds is 3. The van der Waals surface area contributed by atoms with E-state index in [1.54, 1.807) is 13.3 Å². The van der Waals surface area contributed by atoms with E-state index in [2.05, 4.69) is 32.0 Å². The Balaban J connectivity index is 1.51.